The van der Waals surface area contributed by atoms with E-state index >= 15 is 0 Å². The van der Waals surface area contributed by atoms with E-state index in [2.05, 4.69) is 9.97 Å². The van der Waals surface area contributed by atoms with Gasteiger partial charge in [-0.25, -0.2) is 9.97 Å². The van der Waals surface area contributed by atoms with Crippen LogP contribution in [0, 0.1) is 6.92 Å². The minimum atomic E-state index is 0.573. The molecule has 0 aliphatic carbocycles. The summed E-state index contributed by atoms with van der Waals surface area (Å²) in [7, 11) is 0. The monoisotopic (exact) mass is 228 g/mol. The smallest absolute Gasteiger partial charge is 0.136 e. The average molecular weight is 229 g/mol. The van der Waals surface area contributed by atoms with Crippen LogP contribution in [-0.4, -0.2) is 21.5 Å². The maximum atomic E-state index is 6.10. The van der Waals surface area contributed by atoms with E-state index in [1.54, 1.807) is 0 Å². The van der Waals surface area contributed by atoms with Crippen molar-refractivity contribution >= 4 is 23.4 Å². The number of hydrogen-bond donors (Lipinski definition) is 0. The fourth-order valence-corrected chi connectivity index (χ4v) is 3.17. The highest BCUT2D eigenvalue weighted by atomic mass is 35.5. The third kappa shape index (κ3) is 2.20. The molecule has 1 aromatic heterocycles. The van der Waals surface area contributed by atoms with Crippen LogP contribution >= 0.6 is 23.4 Å². The largest absolute Gasteiger partial charge is 0.241 e. The highest BCUT2D eigenvalue weighted by molar-refractivity contribution is 7.99. The first-order chi connectivity index (χ1) is 6.77. The molecule has 1 fully saturated rings. The molecule has 0 amide bonds. The van der Waals surface area contributed by atoms with Gasteiger partial charge in [-0.05, 0) is 37.2 Å². The molecule has 1 saturated heterocycles. The lowest BCUT2D eigenvalue weighted by Gasteiger charge is -2.21. The van der Waals surface area contributed by atoms with E-state index in [-0.39, 0.29) is 0 Å². The molecule has 0 radical (unpaired) electrons. The predicted molar refractivity (Wildman–Crippen MR) is 61.1 cm³/mol. The second-order valence-corrected chi connectivity index (χ2v) is 5.13. The Bertz CT molecular complexity index is 324. The van der Waals surface area contributed by atoms with Crippen LogP contribution in [0.5, 0.6) is 0 Å². The van der Waals surface area contributed by atoms with E-state index in [4.69, 9.17) is 11.6 Å². The minimum Gasteiger partial charge on any atom is -0.241 e. The lowest BCUT2D eigenvalue weighted by Crippen LogP contribution is -2.09. The summed E-state index contributed by atoms with van der Waals surface area (Å²) in [6.07, 6.45) is 4.30. The van der Waals surface area contributed by atoms with Gasteiger partial charge in [0.25, 0.3) is 0 Å². The SMILES string of the molecule is Cc1ncc(C2CCSCC2)c(Cl)n1. The summed E-state index contributed by atoms with van der Waals surface area (Å²) in [6, 6.07) is 0. The molecule has 2 nitrogen and oxygen atoms in total. The van der Waals surface area contributed by atoms with E-state index in [0.29, 0.717) is 11.1 Å². The lowest BCUT2D eigenvalue weighted by molar-refractivity contribution is 0.631. The third-order valence-electron chi connectivity index (χ3n) is 2.55. The maximum Gasteiger partial charge on any atom is 0.136 e. The molecule has 4 heteroatoms. The van der Waals surface area contributed by atoms with Crippen LogP contribution in [-0.2, 0) is 0 Å². The van der Waals surface area contributed by atoms with E-state index < -0.39 is 0 Å². The van der Waals surface area contributed by atoms with Gasteiger partial charge in [0, 0.05) is 11.8 Å². The van der Waals surface area contributed by atoms with Crippen molar-refractivity contribution in [3.05, 3.63) is 22.7 Å². The summed E-state index contributed by atoms with van der Waals surface area (Å²) in [5, 5.41) is 0.648. The molecule has 2 heterocycles. The first-order valence-electron chi connectivity index (χ1n) is 4.84. The predicted octanol–water partition coefficient (Wildman–Crippen LogP) is 3.05. The van der Waals surface area contributed by atoms with E-state index in [9.17, 15) is 0 Å². The Morgan fingerprint density at radius 2 is 2.14 bits per heavy atom. The molecule has 0 aromatic carbocycles. The van der Waals surface area contributed by atoms with Crippen LogP contribution in [0.2, 0.25) is 5.15 Å². The van der Waals surface area contributed by atoms with Crippen LogP contribution in [0.25, 0.3) is 0 Å². The van der Waals surface area contributed by atoms with Gasteiger partial charge >= 0.3 is 0 Å². The molecule has 0 saturated carbocycles. The van der Waals surface area contributed by atoms with Crippen molar-refractivity contribution in [2.75, 3.05) is 11.5 Å². The van der Waals surface area contributed by atoms with Crippen molar-refractivity contribution in [1.29, 1.82) is 0 Å². The van der Waals surface area contributed by atoms with Crippen molar-refractivity contribution in [3.63, 3.8) is 0 Å². The highest BCUT2D eigenvalue weighted by Gasteiger charge is 2.19. The van der Waals surface area contributed by atoms with Crippen molar-refractivity contribution in [3.8, 4) is 0 Å². The van der Waals surface area contributed by atoms with Crippen LogP contribution in [0.4, 0.5) is 0 Å². The molecule has 0 atom stereocenters. The Morgan fingerprint density at radius 1 is 1.43 bits per heavy atom. The first-order valence-corrected chi connectivity index (χ1v) is 6.37. The highest BCUT2D eigenvalue weighted by Crippen LogP contribution is 2.33. The van der Waals surface area contributed by atoms with Gasteiger partial charge in [0.05, 0.1) is 0 Å². The van der Waals surface area contributed by atoms with Gasteiger partial charge < -0.3 is 0 Å². The molecule has 0 bridgehead atoms. The summed E-state index contributed by atoms with van der Waals surface area (Å²) < 4.78 is 0. The Hall–Kier alpha value is -0.280. The molecule has 1 aromatic rings. The average Bonchev–Trinajstić information content (AvgIpc) is 2.19. The number of aryl methyl sites for hydroxylation is 1. The van der Waals surface area contributed by atoms with Crippen molar-refractivity contribution in [1.82, 2.24) is 9.97 Å². The molecule has 0 N–H and O–H groups in total. The van der Waals surface area contributed by atoms with Crippen LogP contribution in [0.3, 0.4) is 0 Å². The topological polar surface area (TPSA) is 25.8 Å². The van der Waals surface area contributed by atoms with E-state index in [1.807, 2.05) is 24.9 Å². The number of hydrogen-bond acceptors (Lipinski definition) is 3. The normalized spacial score (nSPS) is 18.4. The van der Waals surface area contributed by atoms with Gasteiger partial charge in [-0.1, -0.05) is 11.6 Å². The van der Waals surface area contributed by atoms with Crippen LogP contribution in [0.15, 0.2) is 6.20 Å². The molecule has 76 valence electrons. The van der Waals surface area contributed by atoms with Gasteiger partial charge in [-0.3, -0.25) is 0 Å². The number of aromatic nitrogens is 2. The Kier molecular flexibility index (Phi) is 3.29. The molecule has 2 rings (SSSR count). The summed E-state index contributed by atoms with van der Waals surface area (Å²) in [4.78, 5) is 8.41. The Labute approximate surface area is 93.5 Å². The number of halogens is 1. The molecule has 1 aliphatic rings. The van der Waals surface area contributed by atoms with Crippen LogP contribution in [0.1, 0.15) is 30.1 Å². The molecule has 14 heavy (non-hydrogen) atoms. The van der Waals surface area contributed by atoms with Gasteiger partial charge in [-0.15, -0.1) is 0 Å². The fourth-order valence-electron chi connectivity index (χ4n) is 1.73. The molecule has 0 spiro atoms. The van der Waals surface area contributed by atoms with Gasteiger partial charge in [0.2, 0.25) is 0 Å². The van der Waals surface area contributed by atoms with Crippen molar-refractivity contribution in [2.45, 2.75) is 25.7 Å². The third-order valence-corrected chi connectivity index (χ3v) is 3.90. The Balaban J connectivity index is 2.22. The summed E-state index contributed by atoms with van der Waals surface area (Å²) in [6.45, 7) is 1.87. The minimum absolute atomic E-state index is 0.573. The van der Waals surface area contributed by atoms with Gasteiger partial charge in [0.1, 0.15) is 11.0 Å². The molecular formula is C10H13ClN2S. The number of thioether (sulfide) groups is 1. The second kappa shape index (κ2) is 4.49. The first kappa shape index (κ1) is 10.2. The van der Waals surface area contributed by atoms with Crippen LogP contribution < -0.4 is 0 Å². The van der Waals surface area contributed by atoms with Crippen molar-refractivity contribution < 1.29 is 0 Å². The quantitative estimate of drug-likeness (QED) is 0.691. The standard InChI is InChI=1S/C10H13ClN2S/c1-7-12-6-9(10(11)13-7)8-2-4-14-5-3-8/h6,8H,2-5H2,1H3. The number of rotatable bonds is 1. The van der Waals surface area contributed by atoms with E-state index in [0.717, 1.165) is 11.4 Å². The van der Waals surface area contributed by atoms with Crippen molar-refractivity contribution in [2.24, 2.45) is 0 Å². The molecule has 0 unspecified atom stereocenters. The summed E-state index contributed by atoms with van der Waals surface area (Å²) in [5.74, 6) is 3.79. The fraction of sp³-hybridized carbons (Fsp3) is 0.600. The second-order valence-electron chi connectivity index (χ2n) is 3.55. The van der Waals surface area contributed by atoms with Gasteiger partial charge in [0.15, 0.2) is 0 Å². The zero-order valence-corrected chi connectivity index (χ0v) is 9.74. The number of nitrogens with zero attached hydrogens (tertiary/aromatic N) is 2. The van der Waals surface area contributed by atoms with E-state index in [1.165, 1.54) is 24.3 Å². The zero-order chi connectivity index (χ0) is 9.97. The maximum absolute atomic E-state index is 6.10. The molecular weight excluding hydrogens is 216 g/mol. The summed E-state index contributed by atoms with van der Waals surface area (Å²) >= 11 is 8.12. The Morgan fingerprint density at radius 3 is 2.79 bits per heavy atom. The molecule has 1 aliphatic heterocycles. The van der Waals surface area contributed by atoms with Gasteiger partial charge in [-0.2, -0.15) is 11.8 Å². The lowest BCUT2D eigenvalue weighted by atomic mass is 9.96. The zero-order valence-electron chi connectivity index (χ0n) is 8.16. The summed E-state index contributed by atoms with van der Waals surface area (Å²) in [5.41, 5.74) is 1.14.